The fourth-order valence-corrected chi connectivity index (χ4v) is 4.55. The number of benzene rings is 3. The van der Waals surface area contributed by atoms with Crippen LogP contribution >= 0.6 is 23.1 Å². The topological polar surface area (TPSA) is 42.0 Å². The SMILES string of the molecule is O=C(Nc1nc2ccccc2s1)[C@@H](Sc1ccccc1)c1ccccc1. The first-order valence-electron chi connectivity index (χ1n) is 8.23. The molecule has 0 spiro atoms. The van der Waals surface area contributed by atoms with E-state index in [1.165, 1.54) is 11.3 Å². The summed E-state index contributed by atoms with van der Waals surface area (Å²) >= 11 is 3.03. The van der Waals surface area contributed by atoms with Crippen LogP contribution in [0.3, 0.4) is 0 Å². The number of nitrogens with zero attached hydrogens (tertiary/aromatic N) is 1. The smallest absolute Gasteiger partial charge is 0.244 e. The van der Waals surface area contributed by atoms with E-state index in [2.05, 4.69) is 10.3 Å². The number of fused-ring (bicyclic) bond motifs is 1. The van der Waals surface area contributed by atoms with Crippen molar-refractivity contribution in [2.24, 2.45) is 0 Å². The Morgan fingerprint density at radius 2 is 1.54 bits per heavy atom. The molecule has 4 rings (SSSR count). The third-order valence-electron chi connectivity index (χ3n) is 3.86. The van der Waals surface area contributed by atoms with Gasteiger partial charge in [0, 0.05) is 4.90 Å². The van der Waals surface area contributed by atoms with Crippen molar-refractivity contribution in [1.82, 2.24) is 4.98 Å². The van der Waals surface area contributed by atoms with Gasteiger partial charge in [-0.2, -0.15) is 0 Å². The second-order valence-corrected chi connectivity index (χ2v) is 7.91. The predicted octanol–water partition coefficient (Wildman–Crippen LogP) is 5.77. The molecule has 0 unspecified atom stereocenters. The number of hydrogen-bond acceptors (Lipinski definition) is 4. The van der Waals surface area contributed by atoms with Gasteiger partial charge in [0.2, 0.25) is 5.91 Å². The summed E-state index contributed by atoms with van der Waals surface area (Å²) in [7, 11) is 0. The van der Waals surface area contributed by atoms with E-state index in [0.29, 0.717) is 5.13 Å². The van der Waals surface area contributed by atoms with E-state index in [1.807, 2.05) is 84.9 Å². The molecule has 26 heavy (non-hydrogen) atoms. The molecule has 1 aromatic heterocycles. The zero-order valence-electron chi connectivity index (χ0n) is 13.8. The number of amides is 1. The van der Waals surface area contributed by atoms with Crippen molar-refractivity contribution in [3.63, 3.8) is 0 Å². The summed E-state index contributed by atoms with van der Waals surface area (Å²) in [5.41, 5.74) is 1.87. The van der Waals surface area contributed by atoms with E-state index >= 15 is 0 Å². The molecular weight excluding hydrogens is 360 g/mol. The van der Waals surface area contributed by atoms with Crippen LogP contribution < -0.4 is 5.32 Å². The van der Waals surface area contributed by atoms with Crippen molar-refractivity contribution >= 4 is 44.4 Å². The third-order valence-corrected chi connectivity index (χ3v) is 6.08. The number of thiazole rings is 1. The first-order valence-corrected chi connectivity index (χ1v) is 9.92. The average molecular weight is 377 g/mol. The molecule has 1 N–H and O–H groups in total. The van der Waals surface area contributed by atoms with Crippen LogP contribution in [-0.2, 0) is 4.79 Å². The molecule has 0 saturated carbocycles. The zero-order valence-corrected chi connectivity index (χ0v) is 15.5. The third kappa shape index (κ3) is 3.79. The lowest BCUT2D eigenvalue weighted by Crippen LogP contribution is -2.18. The van der Waals surface area contributed by atoms with E-state index in [9.17, 15) is 4.79 Å². The molecule has 1 amide bonds. The standard InChI is InChI=1S/C21H16N2OS2/c24-20(23-21-22-17-13-7-8-14-18(17)26-21)19(15-9-3-1-4-10-15)25-16-11-5-2-6-12-16/h1-14,19H,(H,22,23,24)/t19-/m0/s1. The van der Waals surface area contributed by atoms with Crippen LogP contribution in [0.2, 0.25) is 0 Å². The van der Waals surface area contributed by atoms with Gasteiger partial charge in [-0.15, -0.1) is 11.8 Å². The van der Waals surface area contributed by atoms with Gasteiger partial charge < -0.3 is 5.32 Å². The van der Waals surface area contributed by atoms with Crippen molar-refractivity contribution in [2.75, 3.05) is 5.32 Å². The maximum Gasteiger partial charge on any atom is 0.244 e. The normalized spacial score (nSPS) is 12.0. The molecule has 0 fully saturated rings. The summed E-state index contributed by atoms with van der Waals surface area (Å²) in [6.45, 7) is 0. The molecule has 4 aromatic rings. The monoisotopic (exact) mass is 376 g/mol. The molecule has 0 bridgehead atoms. The molecule has 128 valence electrons. The average Bonchev–Trinajstić information content (AvgIpc) is 3.09. The van der Waals surface area contributed by atoms with Crippen molar-refractivity contribution in [3.05, 3.63) is 90.5 Å². The van der Waals surface area contributed by atoms with Crippen LogP contribution in [0.25, 0.3) is 10.2 Å². The van der Waals surface area contributed by atoms with E-state index in [0.717, 1.165) is 20.7 Å². The van der Waals surface area contributed by atoms with Gasteiger partial charge in [-0.1, -0.05) is 72.0 Å². The summed E-state index contributed by atoms with van der Waals surface area (Å²) in [5, 5.41) is 3.29. The van der Waals surface area contributed by atoms with Crippen LogP contribution in [0.15, 0.2) is 89.8 Å². The Balaban J connectivity index is 1.61. The van der Waals surface area contributed by atoms with E-state index in [-0.39, 0.29) is 11.2 Å². The minimum absolute atomic E-state index is 0.0656. The molecular formula is C21H16N2OS2. The van der Waals surface area contributed by atoms with Crippen LogP contribution in [0.5, 0.6) is 0 Å². The number of nitrogens with one attached hydrogen (secondary N) is 1. The van der Waals surface area contributed by atoms with Gasteiger partial charge in [-0.3, -0.25) is 4.79 Å². The highest BCUT2D eigenvalue weighted by atomic mass is 32.2. The maximum atomic E-state index is 13.0. The summed E-state index contributed by atoms with van der Waals surface area (Å²) in [6.07, 6.45) is 0. The molecule has 1 atom stereocenters. The van der Waals surface area contributed by atoms with Gasteiger partial charge in [0.1, 0.15) is 5.25 Å². The number of hydrogen-bond donors (Lipinski definition) is 1. The Bertz CT molecular complexity index is 983. The Morgan fingerprint density at radius 1 is 0.885 bits per heavy atom. The van der Waals surface area contributed by atoms with Crippen LogP contribution in [-0.4, -0.2) is 10.9 Å². The molecule has 0 radical (unpaired) electrons. The first kappa shape index (κ1) is 16.8. The van der Waals surface area contributed by atoms with Crippen molar-refractivity contribution in [2.45, 2.75) is 10.1 Å². The fourth-order valence-electron chi connectivity index (χ4n) is 2.63. The van der Waals surface area contributed by atoms with Gasteiger partial charge in [-0.25, -0.2) is 4.98 Å². The zero-order chi connectivity index (χ0) is 17.8. The second-order valence-electron chi connectivity index (χ2n) is 5.70. The van der Waals surface area contributed by atoms with Crippen molar-refractivity contribution < 1.29 is 4.79 Å². The Kier molecular flexibility index (Phi) is 5.00. The summed E-state index contributed by atoms with van der Waals surface area (Å²) in [5.74, 6) is -0.0656. The minimum atomic E-state index is -0.342. The highest BCUT2D eigenvalue weighted by Gasteiger charge is 2.23. The van der Waals surface area contributed by atoms with Gasteiger partial charge in [0.15, 0.2) is 5.13 Å². The number of carbonyl (C=O) groups excluding carboxylic acids is 1. The minimum Gasteiger partial charge on any atom is -0.301 e. The Morgan fingerprint density at radius 3 is 2.27 bits per heavy atom. The molecule has 0 aliphatic heterocycles. The summed E-state index contributed by atoms with van der Waals surface area (Å²) in [4.78, 5) is 18.6. The largest absolute Gasteiger partial charge is 0.301 e. The molecule has 5 heteroatoms. The molecule has 0 aliphatic carbocycles. The maximum absolute atomic E-state index is 13.0. The first-order chi connectivity index (χ1) is 12.8. The van der Waals surface area contributed by atoms with Gasteiger partial charge >= 0.3 is 0 Å². The van der Waals surface area contributed by atoms with Gasteiger partial charge in [0.05, 0.1) is 10.2 Å². The van der Waals surface area contributed by atoms with Crippen LogP contribution in [0.1, 0.15) is 10.8 Å². The lowest BCUT2D eigenvalue weighted by molar-refractivity contribution is -0.115. The number of carbonyl (C=O) groups is 1. The van der Waals surface area contributed by atoms with Gasteiger partial charge in [-0.05, 0) is 29.8 Å². The second kappa shape index (κ2) is 7.72. The predicted molar refractivity (Wildman–Crippen MR) is 110 cm³/mol. The summed E-state index contributed by atoms with van der Waals surface area (Å²) in [6, 6.07) is 27.7. The summed E-state index contributed by atoms with van der Waals surface area (Å²) < 4.78 is 1.06. The number of thioether (sulfide) groups is 1. The Labute approximate surface area is 160 Å². The van der Waals surface area contributed by atoms with Crippen molar-refractivity contribution in [3.8, 4) is 0 Å². The lowest BCUT2D eigenvalue weighted by atomic mass is 10.1. The molecule has 3 nitrogen and oxygen atoms in total. The molecule has 1 heterocycles. The van der Waals surface area contributed by atoms with E-state index in [1.54, 1.807) is 11.8 Å². The molecule has 0 aliphatic rings. The van der Waals surface area contributed by atoms with Crippen LogP contribution in [0, 0.1) is 0 Å². The van der Waals surface area contributed by atoms with Gasteiger partial charge in [0.25, 0.3) is 0 Å². The van der Waals surface area contributed by atoms with Crippen LogP contribution in [0.4, 0.5) is 5.13 Å². The number of rotatable bonds is 5. The highest BCUT2D eigenvalue weighted by molar-refractivity contribution is 8.00. The van der Waals surface area contributed by atoms with E-state index in [4.69, 9.17) is 0 Å². The Hall–Kier alpha value is -2.63. The number of anilines is 1. The van der Waals surface area contributed by atoms with E-state index < -0.39 is 0 Å². The molecule has 0 saturated heterocycles. The number of aromatic nitrogens is 1. The lowest BCUT2D eigenvalue weighted by Gasteiger charge is -2.16. The quantitative estimate of drug-likeness (QED) is 0.450. The van der Waals surface area contributed by atoms with Crippen molar-refractivity contribution in [1.29, 1.82) is 0 Å². The number of para-hydroxylation sites is 1. The molecule has 3 aromatic carbocycles. The fraction of sp³-hybridized carbons (Fsp3) is 0.0476. The highest BCUT2D eigenvalue weighted by Crippen LogP contribution is 2.36.